The smallest absolute Gasteiger partial charge is 0.146 e. The molecule has 0 aliphatic heterocycles. The van der Waals surface area contributed by atoms with E-state index in [1.807, 2.05) is 13.0 Å². The third kappa shape index (κ3) is 2.27. The van der Waals surface area contributed by atoms with E-state index in [0.717, 1.165) is 11.3 Å². The molecule has 0 atom stereocenters. The number of nitrogens with one attached hydrogen (secondary N) is 1. The second kappa shape index (κ2) is 4.83. The zero-order chi connectivity index (χ0) is 14.0. The van der Waals surface area contributed by atoms with Crippen LogP contribution in [-0.4, -0.2) is 9.78 Å². The molecule has 0 aliphatic rings. The van der Waals surface area contributed by atoms with Gasteiger partial charge in [0, 0.05) is 12.7 Å². The quantitative estimate of drug-likeness (QED) is 0.889. The average Bonchev–Trinajstić information content (AvgIpc) is 2.66. The summed E-state index contributed by atoms with van der Waals surface area (Å²) in [5.41, 5.74) is 3.58. The Kier molecular flexibility index (Phi) is 3.22. The van der Waals surface area contributed by atoms with E-state index >= 15 is 0 Å². The highest BCUT2D eigenvalue weighted by molar-refractivity contribution is 5.67. The number of benzene rings is 1. The standard InChI is InChI=1S/C14H13N5/c1-9-4-5-11(7-15)6-13(9)17-14-12(8-16)10(2)18-19(14)3/h4-6,17H,1-3H3. The van der Waals surface area contributed by atoms with Crippen molar-refractivity contribution in [3.63, 3.8) is 0 Å². The summed E-state index contributed by atoms with van der Waals surface area (Å²) in [6.45, 7) is 3.74. The molecule has 0 fully saturated rings. The molecule has 0 saturated heterocycles. The van der Waals surface area contributed by atoms with Crippen LogP contribution in [-0.2, 0) is 7.05 Å². The Morgan fingerprint density at radius 1 is 1.21 bits per heavy atom. The van der Waals surface area contributed by atoms with Gasteiger partial charge in [-0.05, 0) is 31.5 Å². The second-order valence-corrected chi connectivity index (χ2v) is 4.31. The topological polar surface area (TPSA) is 77.4 Å². The van der Waals surface area contributed by atoms with E-state index in [1.54, 1.807) is 30.8 Å². The molecule has 0 saturated carbocycles. The number of aromatic nitrogens is 2. The molecule has 0 spiro atoms. The molecule has 0 radical (unpaired) electrons. The first-order valence-electron chi connectivity index (χ1n) is 5.78. The molecule has 1 heterocycles. The van der Waals surface area contributed by atoms with Gasteiger partial charge in [-0.15, -0.1) is 0 Å². The van der Waals surface area contributed by atoms with Crippen molar-refractivity contribution in [1.29, 1.82) is 10.5 Å². The maximum atomic E-state index is 9.16. The summed E-state index contributed by atoms with van der Waals surface area (Å²) >= 11 is 0. The Hall–Kier alpha value is -2.79. The summed E-state index contributed by atoms with van der Waals surface area (Å²) in [5, 5.41) is 25.5. The van der Waals surface area contributed by atoms with Gasteiger partial charge in [0.05, 0.1) is 17.3 Å². The van der Waals surface area contributed by atoms with Crippen LogP contribution in [0.3, 0.4) is 0 Å². The van der Waals surface area contributed by atoms with Crippen molar-refractivity contribution >= 4 is 11.5 Å². The van der Waals surface area contributed by atoms with Crippen molar-refractivity contribution < 1.29 is 0 Å². The van der Waals surface area contributed by atoms with E-state index < -0.39 is 0 Å². The predicted octanol–water partition coefficient (Wildman–Crippen LogP) is 2.52. The van der Waals surface area contributed by atoms with Crippen LogP contribution in [0.5, 0.6) is 0 Å². The van der Waals surface area contributed by atoms with Crippen LogP contribution in [0.2, 0.25) is 0 Å². The van der Waals surface area contributed by atoms with Gasteiger partial charge in [-0.25, -0.2) is 0 Å². The zero-order valence-corrected chi connectivity index (χ0v) is 11.0. The van der Waals surface area contributed by atoms with Gasteiger partial charge < -0.3 is 5.32 Å². The maximum Gasteiger partial charge on any atom is 0.146 e. The highest BCUT2D eigenvalue weighted by Crippen LogP contribution is 2.25. The fraction of sp³-hybridized carbons (Fsp3) is 0.214. The minimum atomic E-state index is 0.518. The first kappa shape index (κ1) is 12.7. The Morgan fingerprint density at radius 3 is 2.58 bits per heavy atom. The van der Waals surface area contributed by atoms with E-state index in [1.165, 1.54) is 0 Å². The first-order valence-corrected chi connectivity index (χ1v) is 5.78. The summed E-state index contributed by atoms with van der Waals surface area (Å²) in [7, 11) is 1.78. The molecule has 2 rings (SSSR count). The number of rotatable bonds is 2. The molecule has 5 heteroatoms. The molecule has 0 amide bonds. The van der Waals surface area contributed by atoms with Crippen molar-refractivity contribution in [3.8, 4) is 12.1 Å². The SMILES string of the molecule is Cc1ccc(C#N)cc1Nc1c(C#N)c(C)nn1C. The van der Waals surface area contributed by atoms with Gasteiger partial charge in [0.2, 0.25) is 0 Å². The van der Waals surface area contributed by atoms with Gasteiger partial charge in [-0.3, -0.25) is 4.68 Å². The van der Waals surface area contributed by atoms with Crippen molar-refractivity contribution in [3.05, 3.63) is 40.6 Å². The summed E-state index contributed by atoms with van der Waals surface area (Å²) in [4.78, 5) is 0. The number of nitrogens with zero attached hydrogens (tertiary/aromatic N) is 4. The summed E-state index contributed by atoms with van der Waals surface area (Å²) in [6.07, 6.45) is 0. The van der Waals surface area contributed by atoms with Crippen LogP contribution < -0.4 is 5.32 Å². The van der Waals surface area contributed by atoms with E-state index in [4.69, 9.17) is 10.5 Å². The van der Waals surface area contributed by atoms with Crippen molar-refractivity contribution in [2.45, 2.75) is 13.8 Å². The Balaban J connectivity index is 2.48. The van der Waals surface area contributed by atoms with Crippen LogP contribution >= 0.6 is 0 Å². The van der Waals surface area contributed by atoms with Crippen LogP contribution in [0.4, 0.5) is 11.5 Å². The largest absolute Gasteiger partial charge is 0.339 e. The molecule has 0 bridgehead atoms. The minimum absolute atomic E-state index is 0.518. The van der Waals surface area contributed by atoms with Gasteiger partial charge in [-0.2, -0.15) is 15.6 Å². The van der Waals surface area contributed by atoms with Gasteiger partial charge in [0.25, 0.3) is 0 Å². The lowest BCUT2D eigenvalue weighted by Gasteiger charge is -2.10. The number of hydrogen-bond acceptors (Lipinski definition) is 4. The minimum Gasteiger partial charge on any atom is -0.339 e. The Labute approximate surface area is 111 Å². The highest BCUT2D eigenvalue weighted by Gasteiger charge is 2.13. The summed E-state index contributed by atoms with van der Waals surface area (Å²) in [5.74, 6) is 0.637. The van der Waals surface area contributed by atoms with Gasteiger partial charge >= 0.3 is 0 Å². The van der Waals surface area contributed by atoms with Crippen molar-refractivity contribution in [1.82, 2.24) is 9.78 Å². The van der Waals surface area contributed by atoms with Crippen LogP contribution in [0.15, 0.2) is 18.2 Å². The third-order valence-electron chi connectivity index (χ3n) is 2.95. The van der Waals surface area contributed by atoms with E-state index in [0.29, 0.717) is 22.6 Å². The Morgan fingerprint density at radius 2 is 1.95 bits per heavy atom. The lowest BCUT2D eigenvalue weighted by Crippen LogP contribution is -2.02. The fourth-order valence-electron chi connectivity index (χ4n) is 1.89. The molecule has 1 aromatic heterocycles. The molecule has 0 unspecified atom stereocenters. The van der Waals surface area contributed by atoms with Crippen LogP contribution in [0, 0.1) is 36.5 Å². The Bertz CT molecular complexity index is 713. The van der Waals surface area contributed by atoms with Gasteiger partial charge in [-0.1, -0.05) is 6.07 Å². The molecular formula is C14H13N5. The summed E-state index contributed by atoms with van der Waals surface area (Å²) < 4.78 is 1.63. The number of nitriles is 2. The molecular weight excluding hydrogens is 238 g/mol. The normalized spacial score (nSPS) is 9.74. The average molecular weight is 251 g/mol. The van der Waals surface area contributed by atoms with E-state index in [-0.39, 0.29) is 0 Å². The lowest BCUT2D eigenvalue weighted by atomic mass is 10.1. The van der Waals surface area contributed by atoms with Gasteiger partial charge in [0.1, 0.15) is 17.5 Å². The first-order chi connectivity index (χ1) is 9.06. The molecule has 94 valence electrons. The third-order valence-corrected chi connectivity index (χ3v) is 2.95. The van der Waals surface area contributed by atoms with Crippen LogP contribution in [0.1, 0.15) is 22.4 Å². The molecule has 2 aromatic rings. The molecule has 19 heavy (non-hydrogen) atoms. The predicted molar refractivity (Wildman–Crippen MR) is 71.8 cm³/mol. The maximum absolute atomic E-state index is 9.16. The highest BCUT2D eigenvalue weighted by atomic mass is 15.3. The lowest BCUT2D eigenvalue weighted by molar-refractivity contribution is 0.765. The number of anilines is 2. The van der Waals surface area contributed by atoms with Crippen molar-refractivity contribution in [2.75, 3.05) is 5.32 Å². The summed E-state index contributed by atoms with van der Waals surface area (Å²) in [6, 6.07) is 9.64. The van der Waals surface area contributed by atoms with Crippen LogP contribution in [0.25, 0.3) is 0 Å². The van der Waals surface area contributed by atoms with Crippen molar-refractivity contribution in [2.24, 2.45) is 7.05 Å². The number of hydrogen-bond donors (Lipinski definition) is 1. The fourth-order valence-corrected chi connectivity index (χ4v) is 1.89. The molecule has 1 N–H and O–H groups in total. The zero-order valence-electron chi connectivity index (χ0n) is 11.0. The van der Waals surface area contributed by atoms with E-state index in [9.17, 15) is 0 Å². The van der Waals surface area contributed by atoms with Gasteiger partial charge in [0.15, 0.2) is 0 Å². The number of aryl methyl sites for hydroxylation is 3. The molecule has 0 aliphatic carbocycles. The van der Waals surface area contributed by atoms with E-state index in [2.05, 4.69) is 22.6 Å². The monoisotopic (exact) mass is 251 g/mol. The molecule has 1 aromatic carbocycles. The molecule has 5 nitrogen and oxygen atoms in total. The second-order valence-electron chi connectivity index (χ2n) is 4.31.